The number of carbonyl (C=O) groups excluding carboxylic acids is 1. The van der Waals surface area contributed by atoms with Gasteiger partial charge in [0.05, 0.1) is 12.8 Å². The van der Waals surface area contributed by atoms with Gasteiger partial charge in [0.25, 0.3) is 0 Å². The number of anilines is 1. The molecule has 132 valence electrons. The lowest BCUT2D eigenvalue weighted by Crippen LogP contribution is -2.37. The second-order valence-electron chi connectivity index (χ2n) is 6.34. The van der Waals surface area contributed by atoms with Crippen LogP contribution < -0.4 is 15.0 Å². The molecule has 1 aliphatic rings. The van der Waals surface area contributed by atoms with Crippen molar-refractivity contribution < 1.29 is 14.6 Å². The molecular weight excluding hydrogens is 316 g/mol. The molecule has 1 saturated heterocycles. The molecule has 5 nitrogen and oxygen atoms in total. The van der Waals surface area contributed by atoms with Crippen LogP contribution in [0.2, 0.25) is 0 Å². The maximum absolute atomic E-state index is 12.2. The van der Waals surface area contributed by atoms with Crippen molar-refractivity contribution in [2.45, 2.75) is 25.3 Å². The molecule has 0 unspecified atom stereocenters. The van der Waals surface area contributed by atoms with Crippen LogP contribution in [0.4, 0.5) is 5.69 Å². The Balaban J connectivity index is 1.49. The number of phenolic OH excluding ortho intramolecular Hbond substituents is 1. The third-order valence-corrected chi connectivity index (χ3v) is 4.56. The van der Waals surface area contributed by atoms with E-state index in [1.807, 2.05) is 36.4 Å². The summed E-state index contributed by atoms with van der Waals surface area (Å²) in [5, 5.41) is 12.4. The van der Waals surface area contributed by atoms with Crippen molar-refractivity contribution in [1.82, 2.24) is 5.32 Å². The molecule has 3 rings (SSSR count). The molecule has 1 heterocycles. The molecule has 2 aromatic rings. The summed E-state index contributed by atoms with van der Waals surface area (Å²) in [4.78, 5) is 14.5. The summed E-state index contributed by atoms with van der Waals surface area (Å²) in [6.07, 6.45) is 2.06. The smallest absolute Gasteiger partial charge is 0.220 e. The van der Waals surface area contributed by atoms with E-state index in [1.54, 1.807) is 19.2 Å². The molecule has 2 aromatic carbocycles. The molecule has 1 fully saturated rings. The molecule has 25 heavy (non-hydrogen) atoms. The number of amides is 1. The molecule has 0 bridgehead atoms. The van der Waals surface area contributed by atoms with Crippen LogP contribution in [0.3, 0.4) is 0 Å². The van der Waals surface area contributed by atoms with Gasteiger partial charge in [-0.3, -0.25) is 4.79 Å². The quantitative estimate of drug-likeness (QED) is 0.849. The van der Waals surface area contributed by atoms with E-state index in [4.69, 9.17) is 4.74 Å². The number of phenols is 1. The molecular formula is C20H24N2O3. The fraction of sp³-hybridized carbons (Fsp3) is 0.350. The number of rotatable bonds is 6. The Morgan fingerprint density at radius 1 is 1.24 bits per heavy atom. The van der Waals surface area contributed by atoms with Crippen molar-refractivity contribution in [1.29, 1.82) is 0 Å². The number of carbonyl (C=O) groups is 1. The normalized spacial score (nSPS) is 16.7. The maximum Gasteiger partial charge on any atom is 0.220 e. The van der Waals surface area contributed by atoms with Gasteiger partial charge in [0.2, 0.25) is 5.91 Å². The Hall–Kier alpha value is -2.69. The van der Waals surface area contributed by atoms with Crippen molar-refractivity contribution >= 4 is 11.6 Å². The maximum atomic E-state index is 12.2. The van der Waals surface area contributed by atoms with Gasteiger partial charge in [0, 0.05) is 25.6 Å². The molecule has 0 aromatic heterocycles. The Morgan fingerprint density at radius 3 is 2.76 bits per heavy atom. The van der Waals surface area contributed by atoms with Crippen LogP contribution in [-0.4, -0.2) is 37.3 Å². The van der Waals surface area contributed by atoms with Gasteiger partial charge in [-0.15, -0.1) is 0 Å². The van der Waals surface area contributed by atoms with Gasteiger partial charge in [0.15, 0.2) is 0 Å². The monoisotopic (exact) mass is 340 g/mol. The van der Waals surface area contributed by atoms with E-state index in [1.165, 1.54) is 0 Å². The third kappa shape index (κ3) is 4.44. The highest BCUT2D eigenvalue weighted by molar-refractivity contribution is 5.76. The topological polar surface area (TPSA) is 61.8 Å². The van der Waals surface area contributed by atoms with Crippen molar-refractivity contribution in [2.24, 2.45) is 0 Å². The number of methoxy groups -OCH3 is 1. The summed E-state index contributed by atoms with van der Waals surface area (Å²) < 4.78 is 5.42. The summed E-state index contributed by atoms with van der Waals surface area (Å²) in [6, 6.07) is 15.1. The summed E-state index contributed by atoms with van der Waals surface area (Å²) in [7, 11) is 1.68. The van der Waals surface area contributed by atoms with E-state index in [9.17, 15) is 9.90 Å². The highest BCUT2D eigenvalue weighted by Crippen LogP contribution is 2.30. The molecule has 1 aliphatic heterocycles. The number of para-hydroxylation sites is 2. The number of hydrogen-bond donors (Lipinski definition) is 2. The second-order valence-corrected chi connectivity index (χ2v) is 6.34. The van der Waals surface area contributed by atoms with E-state index in [2.05, 4.69) is 10.2 Å². The first kappa shape index (κ1) is 17.1. The number of ether oxygens (including phenoxy) is 1. The van der Waals surface area contributed by atoms with Gasteiger partial charge >= 0.3 is 0 Å². The molecule has 5 heteroatoms. The van der Waals surface area contributed by atoms with Crippen LogP contribution in [0.25, 0.3) is 0 Å². The molecule has 1 atom stereocenters. The minimum Gasteiger partial charge on any atom is -0.508 e. The fourth-order valence-corrected chi connectivity index (χ4v) is 3.21. The SMILES string of the molecule is COc1ccccc1N1CC[C@@H](NC(=O)CCc2ccc(O)cc2)C1. The van der Waals surface area contributed by atoms with E-state index in [0.717, 1.165) is 36.5 Å². The van der Waals surface area contributed by atoms with Gasteiger partial charge in [-0.2, -0.15) is 0 Å². The Bertz CT molecular complexity index is 715. The molecule has 0 radical (unpaired) electrons. The number of aryl methyl sites for hydroxylation is 1. The third-order valence-electron chi connectivity index (χ3n) is 4.56. The summed E-state index contributed by atoms with van der Waals surface area (Å²) >= 11 is 0. The van der Waals surface area contributed by atoms with Crippen LogP contribution in [-0.2, 0) is 11.2 Å². The Kier molecular flexibility index (Phi) is 5.43. The van der Waals surface area contributed by atoms with Gasteiger partial charge in [-0.05, 0) is 42.7 Å². The number of nitrogens with zero attached hydrogens (tertiary/aromatic N) is 1. The lowest BCUT2D eigenvalue weighted by atomic mass is 10.1. The molecule has 0 saturated carbocycles. The van der Waals surface area contributed by atoms with Crippen molar-refractivity contribution in [3.05, 3.63) is 54.1 Å². The number of hydrogen-bond acceptors (Lipinski definition) is 4. The van der Waals surface area contributed by atoms with E-state index in [-0.39, 0.29) is 17.7 Å². The average molecular weight is 340 g/mol. The Labute approximate surface area is 148 Å². The first-order valence-corrected chi connectivity index (χ1v) is 8.61. The predicted molar refractivity (Wildman–Crippen MR) is 98.2 cm³/mol. The van der Waals surface area contributed by atoms with Crippen molar-refractivity contribution in [3.8, 4) is 11.5 Å². The van der Waals surface area contributed by atoms with Crippen LogP contribution in [0.15, 0.2) is 48.5 Å². The second kappa shape index (κ2) is 7.92. The number of nitrogens with one attached hydrogen (secondary N) is 1. The lowest BCUT2D eigenvalue weighted by molar-refractivity contribution is -0.121. The first-order valence-electron chi connectivity index (χ1n) is 8.61. The van der Waals surface area contributed by atoms with Gasteiger partial charge in [-0.1, -0.05) is 24.3 Å². The first-order chi connectivity index (χ1) is 12.2. The predicted octanol–water partition coefficient (Wildman–Crippen LogP) is 2.73. The van der Waals surface area contributed by atoms with E-state index < -0.39 is 0 Å². The van der Waals surface area contributed by atoms with Gasteiger partial charge in [-0.25, -0.2) is 0 Å². The molecule has 2 N–H and O–H groups in total. The molecule has 0 spiro atoms. The highest BCUT2D eigenvalue weighted by Gasteiger charge is 2.25. The van der Waals surface area contributed by atoms with Crippen molar-refractivity contribution in [3.63, 3.8) is 0 Å². The zero-order chi connectivity index (χ0) is 17.6. The Morgan fingerprint density at radius 2 is 2.00 bits per heavy atom. The summed E-state index contributed by atoms with van der Waals surface area (Å²) in [5.41, 5.74) is 2.13. The van der Waals surface area contributed by atoms with Crippen LogP contribution in [0, 0.1) is 0 Å². The fourth-order valence-electron chi connectivity index (χ4n) is 3.21. The van der Waals surface area contributed by atoms with E-state index in [0.29, 0.717) is 12.8 Å². The van der Waals surface area contributed by atoms with Crippen LogP contribution in [0.5, 0.6) is 11.5 Å². The van der Waals surface area contributed by atoms with E-state index >= 15 is 0 Å². The van der Waals surface area contributed by atoms with Crippen molar-refractivity contribution in [2.75, 3.05) is 25.1 Å². The molecule has 1 amide bonds. The number of benzene rings is 2. The highest BCUT2D eigenvalue weighted by atomic mass is 16.5. The lowest BCUT2D eigenvalue weighted by Gasteiger charge is -2.21. The zero-order valence-electron chi connectivity index (χ0n) is 14.4. The summed E-state index contributed by atoms with van der Waals surface area (Å²) in [6.45, 7) is 1.70. The van der Waals surface area contributed by atoms with Crippen LogP contribution >= 0.6 is 0 Å². The van der Waals surface area contributed by atoms with Gasteiger partial charge in [0.1, 0.15) is 11.5 Å². The minimum absolute atomic E-state index is 0.0694. The zero-order valence-corrected chi connectivity index (χ0v) is 14.4. The van der Waals surface area contributed by atoms with Crippen LogP contribution in [0.1, 0.15) is 18.4 Å². The summed E-state index contributed by atoms with van der Waals surface area (Å²) in [5.74, 6) is 1.18. The largest absolute Gasteiger partial charge is 0.508 e. The standard InChI is InChI=1S/C20H24N2O3/c1-25-19-5-3-2-4-18(19)22-13-12-16(14-22)21-20(24)11-8-15-6-9-17(23)10-7-15/h2-7,9-10,16,23H,8,11-14H2,1H3,(H,21,24)/t16-/m1/s1. The number of aromatic hydroxyl groups is 1. The minimum atomic E-state index is 0.0694. The molecule has 0 aliphatic carbocycles. The average Bonchev–Trinajstić information content (AvgIpc) is 3.09. The van der Waals surface area contributed by atoms with Gasteiger partial charge < -0.3 is 20.1 Å².